The molecule has 0 aromatic heterocycles. The lowest BCUT2D eigenvalue weighted by atomic mass is 10.1. The monoisotopic (exact) mass is 361 g/mol. The summed E-state index contributed by atoms with van der Waals surface area (Å²) in [7, 11) is 1.21. The molecule has 8 nitrogen and oxygen atoms in total. The minimum Gasteiger partial charge on any atom is -0.465 e. The Morgan fingerprint density at radius 2 is 1.92 bits per heavy atom. The maximum absolute atomic E-state index is 12.3. The highest BCUT2D eigenvalue weighted by atomic mass is 16.6. The minimum absolute atomic E-state index is 0.0392. The first-order valence-electron chi connectivity index (χ1n) is 8.83. The second kappa shape index (κ2) is 7.31. The van der Waals surface area contributed by atoms with Crippen LogP contribution in [0, 0.1) is 23.0 Å². The smallest absolute Gasteiger partial charge is 0.344 e. The van der Waals surface area contributed by atoms with E-state index in [0.717, 1.165) is 38.0 Å². The summed E-state index contributed by atoms with van der Waals surface area (Å²) in [6, 6.07) is 3.25. The maximum atomic E-state index is 12.3. The third-order valence-corrected chi connectivity index (χ3v) is 4.97. The SMILES string of the molecule is COC(=O)c1cc(N2CCCN(C(=O)C3CC3)CC2)cc(C)c1[N+](=O)[O-]. The van der Waals surface area contributed by atoms with Crippen molar-refractivity contribution in [2.45, 2.75) is 26.2 Å². The Bertz CT molecular complexity index is 745. The average molecular weight is 361 g/mol. The van der Waals surface area contributed by atoms with Gasteiger partial charge in [0.15, 0.2) is 0 Å². The van der Waals surface area contributed by atoms with Gasteiger partial charge in [-0.1, -0.05) is 0 Å². The van der Waals surface area contributed by atoms with Gasteiger partial charge in [-0.3, -0.25) is 14.9 Å². The molecule has 1 amide bonds. The molecule has 26 heavy (non-hydrogen) atoms. The molecular formula is C18H23N3O5. The molecule has 1 saturated carbocycles. The topological polar surface area (TPSA) is 93.0 Å². The van der Waals surface area contributed by atoms with Crippen molar-refractivity contribution < 1.29 is 19.2 Å². The normalized spacial score (nSPS) is 17.6. The molecule has 140 valence electrons. The number of nitrogens with zero attached hydrogens (tertiary/aromatic N) is 3. The summed E-state index contributed by atoms with van der Waals surface area (Å²) in [4.78, 5) is 39.1. The highest BCUT2D eigenvalue weighted by Gasteiger charge is 2.34. The Labute approximate surface area is 151 Å². The molecule has 3 rings (SSSR count). The molecule has 0 bridgehead atoms. The number of rotatable bonds is 4. The van der Waals surface area contributed by atoms with Gasteiger partial charge in [0.2, 0.25) is 5.91 Å². The van der Waals surface area contributed by atoms with Crippen molar-refractivity contribution in [3.8, 4) is 0 Å². The standard InChI is InChI=1S/C18H23N3O5/c1-12-10-14(11-15(18(23)26-2)16(12)21(24)25)19-6-3-7-20(9-8-19)17(22)13-4-5-13/h10-11,13H,3-9H2,1-2H3. The van der Waals surface area contributed by atoms with Crippen molar-refractivity contribution in [3.63, 3.8) is 0 Å². The van der Waals surface area contributed by atoms with E-state index in [2.05, 4.69) is 4.90 Å². The lowest BCUT2D eigenvalue weighted by molar-refractivity contribution is -0.385. The van der Waals surface area contributed by atoms with Crippen LogP contribution in [0.2, 0.25) is 0 Å². The molecule has 0 atom stereocenters. The fraction of sp³-hybridized carbons (Fsp3) is 0.556. The number of benzene rings is 1. The predicted octanol–water partition coefficient (Wildman–Crippen LogP) is 2.14. The molecular weight excluding hydrogens is 338 g/mol. The van der Waals surface area contributed by atoms with Gasteiger partial charge in [-0.05, 0) is 38.3 Å². The van der Waals surface area contributed by atoms with Crippen LogP contribution >= 0.6 is 0 Å². The summed E-state index contributed by atoms with van der Waals surface area (Å²) in [5, 5.41) is 11.3. The van der Waals surface area contributed by atoms with E-state index in [4.69, 9.17) is 4.74 Å². The number of ether oxygens (including phenoxy) is 1. The van der Waals surface area contributed by atoms with Crippen LogP contribution in [0.25, 0.3) is 0 Å². The molecule has 0 unspecified atom stereocenters. The van der Waals surface area contributed by atoms with E-state index < -0.39 is 10.9 Å². The van der Waals surface area contributed by atoms with E-state index in [1.807, 2.05) is 4.90 Å². The lowest BCUT2D eigenvalue weighted by Gasteiger charge is -2.24. The van der Waals surface area contributed by atoms with E-state index in [-0.39, 0.29) is 23.1 Å². The number of hydrogen-bond acceptors (Lipinski definition) is 6. The minimum atomic E-state index is -0.720. The molecule has 1 aliphatic carbocycles. The van der Waals surface area contributed by atoms with Crippen molar-refractivity contribution in [2.75, 3.05) is 38.2 Å². The van der Waals surface area contributed by atoms with Gasteiger partial charge < -0.3 is 14.5 Å². The first kappa shape index (κ1) is 18.2. The summed E-state index contributed by atoms with van der Waals surface area (Å²) >= 11 is 0. The number of carbonyl (C=O) groups excluding carboxylic acids is 2. The summed E-state index contributed by atoms with van der Waals surface area (Å²) < 4.78 is 4.72. The highest BCUT2D eigenvalue weighted by molar-refractivity contribution is 5.96. The van der Waals surface area contributed by atoms with Gasteiger partial charge in [0, 0.05) is 43.3 Å². The van der Waals surface area contributed by atoms with Crippen LogP contribution in [0.3, 0.4) is 0 Å². The number of nitro benzene ring substituents is 1. The number of amides is 1. The fourth-order valence-electron chi connectivity index (χ4n) is 3.44. The van der Waals surface area contributed by atoms with Crippen molar-refractivity contribution in [2.24, 2.45) is 5.92 Å². The number of nitro groups is 1. The molecule has 1 saturated heterocycles. The molecule has 8 heteroatoms. The number of aryl methyl sites for hydroxylation is 1. The molecule has 1 aromatic rings. The number of methoxy groups -OCH3 is 1. The van der Waals surface area contributed by atoms with Crippen LogP contribution in [0.15, 0.2) is 12.1 Å². The van der Waals surface area contributed by atoms with Gasteiger partial charge in [-0.25, -0.2) is 4.79 Å². The maximum Gasteiger partial charge on any atom is 0.344 e. The van der Waals surface area contributed by atoms with Gasteiger partial charge in [0.05, 0.1) is 12.0 Å². The van der Waals surface area contributed by atoms with E-state index >= 15 is 0 Å². The molecule has 2 fully saturated rings. The fourth-order valence-corrected chi connectivity index (χ4v) is 3.44. The third-order valence-electron chi connectivity index (χ3n) is 4.97. The molecule has 0 N–H and O–H groups in total. The number of anilines is 1. The van der Waals surface area contributed by atoms with Gasteiger partial charge >= 0.3 is 5.97 Å². The quantitative estimate of drug-likeness (QED) is 0.463. The van der Waals surface area contributed by atoms with E-state index in [0.29, 0.717) is 18.7 Å². The van der Waals surface area contributed by atoms with Gasteiger partial charge in [0.25, 0.3) is 5.69 Å². The van der Waals surface area contributed by atoms with Crippen LogP contribution in [0.1, 0.15) is 35.2 Å². The van der Waals surface area contributed by atoms with E-state index in [1.54, 1.807) is 13.0 Å². The summed E-state index contributed by atoms with van der Waals surface area (Å²) in [6.45, 7) is 4.33. The second-order valence-corrected chi connectivity index (χ2v) is 6.85. The van der Waals surface area contributed by atoms with Crippen LogP contribution in [-0.4, -0.2) is 55.0 Å². The zero-order valence-electron chi connectivity index (χ0n) is 15.1. The number of hydrogen-bond donors (Lipinski definition) is 0. The number of carbonyl (C=O) groups is 2. The van der Waals surface area contributed by atoms with E-state index in [1.165, 1.54) is 13.2 Å². The summed E-state index contributed by atoms with van der Waals surface area (Å²) in [5.41, 5.74) is 0.904. The van der Waals surface area contributed by atoms with Gasteiger partial charge in [-0.2, -0.15) is 0 Å². The lowest BCUT2D eigenvalue weighted by Crippen LogP contribution is -2.36. The van der Waals surface area contributed by atoms with E-state index in [9.17, 15) is 19.7 Å². The zero-order chi connectivity index (χ0) is 18.8. The zero-order valence-corrected chi connectivity index (χ0v) is 15.1. The summed E-state index contributed by atoms with van der Waals surface area (Å²) in [5.74, 6) is -0.280. The Morgan fingerprint density at radius 1 is 1.19 bits per heavy atom. The Balaban J connectivity index is 1.84. The largest absolute Gasteiger partial charge is 0.465 e. The van der Waals surface area contributed by atoms with Crippen LogP contribution in [0.4, 0.5) is 11.4 Å². The summed E-state index contributed by atoms with van der Waals surface area (Å²) in [6.07, 6.45) is 2.80. The molecule has 2 aliphatic rings. The van der Waals surface area contributed by atoms with Crippen LogP contribution in [-0.2, 0) is 9.53 Å². The Kier molecular flexibility index (Phi) is 5.11. The van der Waals surface area contributed by atoms with Gasteiger partial charge in [0.1, 0.15) is 5.56 Å². The van der Waals surface area contributed by atoms with Crippen molar-refractivity contribution >= 4 is 23.3 Å². The van der Waals surface area contributed by atoms with Gasteiger partial charge in [-0.15, -0.1) is 0 Å². The first-order chi connectivity index (χ1) is 12.4. The molecule has 1 aromatic carbocycles. The Hall–Kier alpha value is -2.64. The average Bonchev–Trinajstić information content (AvgIpc) is 3.45. The molecule has 1 aliphatic heterocycles. The van der Waals surface area contributed by atoms with Crippen molar-refractivity contribution in [1.29, 1.82) is 0 Å². The number of esters is 1. The van der Waals surface area contributed by atoms with Crippen LogP contribution < -0.4 is 4.90 Å². The van der Waals surface area contributed by atoms with Crippen molar-refractivity contribution in [3.05, 3.63) is 33.4 Å². The molecule has 0 spiro atoms. The molecule has 0 radical (unpaired) electrons. The van der Waals surface area contributed by atoms with Crippen LogP contribution in [0.5, 0.6) is 0 Å². The Morgan fingerprint density at radius 3 is 2.54 bits per heavy atom. The predicted molar refractivity (Wildman–Crippen MR) is 95.3 cm³/mol. The third kappa shape index (κ3) is 3.63. The molecule has 1 heterocycles. The highest BCUT2D eigenvalue weighted by Crippen LogP contribution is 2.33. The van der Waals surface area contributed by atoms with Crippen molar-refractivity contribution in [1.82, 2.24) is 4.90 Å². The second-order valence-electron chi connectivity index (χ2n) is 6.85. The first-order valence-corrected chi connectivity index (χ1v) is 8.83.